The zero-order valence-electron chi connectivity index (χ0n) is 8.23. The molecule has 2 aromatic carbocycles. The number of hydrogen-bond acceptors (Lipinski definition) is 1. The van der Waals surface area contributed by atoms with E-state index in [0.29, 0.717) is 11.4 Å². The number of hydrogen-bond donors (Lipinski definition) is 0. The van der Waals surface area contributed by atoms with E-state index >= 15 is 0 Å². The van der Waals surface area contributed by atoms with Crippen LogP contribution in [0.25, 0.3) is 0 Å². The Balaban J connectivity index is 2.35. The first-order valence-electron chi connectivity index (χ1n) is 4.65. The zero-order valence-corrected chi connectivity index (χ0v) is 9.82. The van der Waals surface area contributed by atoms with E-state index in [2.05, 4.69) is 15.9 Å². The molecular weight excluding hydrogens is 273 g/mol. The lowest BCUT2D eigenvalue weighted by Gasteiger charge is -1.93. The van der Waals surface area contributed by atoms with Crippen molar-refractivity contribution in [2.75, 3.05) is 0 Å². The monoisotopic (exact) mass is 280 g/mol. The van der Waals surface area contributed by atoms with Gasteiger partial charge in [0, 0.05) is 33.6 Å². The summed E-state index contributed by atoms with van der Waals surface area (Å²) in [6, 6.07) is 12.4. The Morgan fingerprint density at radius 2 is 1.69 bits per heavy atom. The summed E-state index contributed by atoms with van der Waals surface area (Å²) in [5.41, 5.74) is 0.903. The molecule has 0 spiro atoms. The average molecular weight is 281 g/mol. The second-order valence-electron chi connectivity index (χ2n) is 3.25. The first-order valence-corrected chi connectivity index (χ1v) is 5.44. The Hall–Kier alpha value is -1.55. The van der Waals surface area contributed by atoms with E-state index in [1.54, 1.807) is 18.2 Å². The summed E-state index contributed by atoms with van der Waals surface area (Å²) in [5.74, 6) is -0.355. The highest BCUT2D eigenvalue weighted by Crippen LogP contribution is 2.23. The van der Waals surface area contributed by atoms with Crippen LogP contribution >= 0.6 is 15.9 Å². The Bertz CT molecular complexity index is 525. The van der Waals surface area contributed by atoms with Crippen molar-refractivity contribution < 1.29 is 4.39 Å². The van der Waals surface area contributed by atoms with Gasteiger partial charge in [0.1, 0.15) is 5.82 Å². The number of nitroso groups, excluding NO2 is 1. The van der Waals surface area contributed by atoms with Crippen molar-refractivity contribution >= 4 is 27.3 Å². The fourth-order valence-electron chi connectivity index (χ4n) is 1.33. The Morgan fingerprint density at radius 1 is 1.00 bits per heavy atom. The van der Waals surface area contributed by atoms with Gasteiger partial charge in [-0.1, -0.05) is 22.0 Å². The molecular formula is C12H8BrFNO+. The SMILES string of the molecule is O=[N+](c1ccc(F)cc1)c1cccc(Br)c1. The number of halogens is 2. The van der Waals surface area contributed by atoms with E-state index in [1.165, 1.54) is 24.3 Å². The van der Waals surface area contributed by atoms with Crippen LogP contribution in [0, 0.1) is 10.7 Å². The van der Waals surface area contributed by atoms with Gasteiger partial charge >= 0.3 is 0 Å². The molecule has 0 aliphatic rings. The van der Waals surface area contributed by atoms with Gasteiger partial charge in [0.15, 0.2) is 0 Å². The molecule has 80 valence electrons. The third-order valence-corrected chi connectivity index (χ3v) is 2.60. The van der Waals surface area contributed by atoms with Crippen molar-refractivity contribution in [3.8, 4) is 0 Å². The van der Waals surface area contributed by atoms with Gasteiger partial charge in [0.05, 0.1) is 4.76 Å². The van der Waals surface area contributed by atoms with Gasteiger partial charge in [0.2, 0.25) is 0 Å². The van der Waals surface area contributed by atoms with Gasteiger partial charge in [-0.2, -0.15) is 0 Å². The van der Waals surface area contributed by atoms with Crippen LogP contribution in [0.3, 0.4) is 0 Å². The van der Waals surface area contributed by atoms with Crippen LogP contribution < -0.4 is 4.76 Å². The van der Waals surface area contributed by atoms with Gasteiger partial charge < -0.3 is 0 Å². The fraction of sp³-hybridized carbons (Fsp3) is 0. The summed E-state index contributed by atoms with van der Waals surface area (Å²) in [4.78, 5) is 11.9. The van der Waals surface area contributed by atoms with E-state index in [0.717, 1.165) is 9.23 Å². The van der Waals surface area contributed by atoms with Crippen LogP contribution in [-0.2, 0) is 0 Å². The summed E-state index contributed by atoms with van der Waals surface area (Å²) in [6.07, 6.45) is 0. The van der Waals surface area contributed by atoms with Crippen molar-refractivity contribution in [2.24, 2.45) is 0 Å². The first kappa shape index (κ1) is 11.0. The quantitative estimate of drug-likeness (QED) is 0.756. The third kappa shape index (κ3) is 2.33. The summed E-state index contributed by atoms with van der Waals surface area (Å²) in [6.45, 7) is 0. The maximum Gasteiger partial charge on any atom is 0.264 e. The van der Waals surface area contributed by atoms with Crippen molar-refractivity contribution in [1.29, 1.82) is 0 Å². The van der Waals surface area contributed by atoms with Gasteiger partial charge in [-0.3, -0.25) is 0 Å². The van der Waals surface area contributed by atoms with Crippen molar-refractivity contribution in [1.82, 2.24) is 4.76 Å². The summed E-state index contributed by atoms with van der Waals surface area (Å²) < 4.78 is 14.3. The molecule has 0 radical (unpaired) electrons. The van der Waals surface area contributed by atoms with Crippen molar-refractivity contribution in [3.63, 3.8) is 0 Å². The molecule has 2 aromatic rings. The van der Waals surface area contributed by atoms with Crippen LogP contribution in [-0.4, -0.2) is 0 Å². The predicted octanol–water partition coefficient (Wildman–Crippen LogP) is 4.19. The van der Waals surface area contributed by atoms with Crippen LogP contribution in [0.4, 0.5) is 15.8 Å². The van der Waals surface area contributed by atoms with Crippen LogP contribution in [0.1, 0.15) is 0 Å². The van der Waals surface area contributed by atoms with E-state index in [1.807, 2.05) is 6.07 Å². The maximum atomic E-state index is 12.7. The third-order valence-electron chi connectivity index (χ3n) is 2.10. The number of nitrogens with zero attached hydrogens (tertiary/aromatic N) is 1. The Kier molecular flexibility index (Phi) is 3.10. The van der Waals surface area contributed by atoms with E-state index in [9.17, 15) is 9.30 Å². The predicted molar refractivity (Wildman–Crippen MR) is 65.4 cm³/mol. The largest absolute Gasteiger partial charge is 0.264 e. The standard InChI is InChI=1S/C12H8BrFNO/c13-9-2-1-3-12(8-9)15(16)11-6-4-10(14)5-7-11/h1-8H/q+1. The van der Waals surface area contributed by atoms with Crippen LogP contribution in [0.5, 0.6) is 0 Å². The molecule has 2 rings (SSSR count). The maximum absolute atomic E-state index is 12.7. The second kappa shape index (κ2) is 4.53. The van der Waals surface area contributed by atoms with E-state index in [4.69, 9.17) is 0 Å². The molecule has 0 saturated heterocycles. The fourth-order valence-corrected chi connectivity index (χ4v) is 1.72. The smallest absolute Gasteiger partial charge is 0.207 e. The van der Waals surface area contributed by atoms with Gasteiger partial charge in [-0.25, -0.2) is 4.39 Å². The second-order valence-corrected chi connectivity index (χ2v) is 4.17. The molecule has 0 bridgehead atoms. The molecule has 0 N–H and O–H groups in total. The molecule has 0 fully saturated rings. The highest BCUT2D eigenvalue weighted by molar-refractivity contribution is 9.10. The highest BCUT2D eigenvalue weighted by Gasteiger charge is 2.17. The summed E-state index contributed by atoms with van der Waals surface area (Å²) in [7, 11) is 0. The molecule has 0 aromatic heterocycles. The topological polar surface area (TPSA) is 20.1 Å². The minimum atomic E-state index is -0.355. The lowest BCUT2D eigenvalue weighted by molar-refractivity contribution is 0.627. The average Bonchev–Trinajstić information content (AvgIpc) is 2.29. The van der Waals surface area contributed by atoms with Crippen LogP contribution in [0.15, 0.2) is 53.0 Å². The van der Waals surface area contributed by atoms with Gasteiger partial charge in [-0.05, 0) is 18.2 Å². The Morgan fingerprint density at radius 3 is 2.31 bits per heavy atom. The van der Waals surface area contributed by atoms with Gasteiger partial charge in [-0.15, -0.1) is 0 Å². The number of benzene rings is 2. The van der Waals surface area contributed by atoms with E-state index < -0.39 is 0 Å². The Labute approximate surface area is 100 Å². The zero-order chi connectivity index (χ0) is 11.5. The number of rotatable bonds is 2. The molecule has 0 aliphatic heterocycles. The lowest BCUT2D eigenvalue weighted by atomic mass is 10.2. The molecule has 0 saturated carbocycles. The molecule has 0 unspecified atom stereocenters. The first-order chi connectivity index (χ1) is 7.66. The molecule has 4 heteroatoms. The van der Waals surface area contributed by atoms with Gasteiger partial charge in [0.25, 0.3) is 11.4 Å². The van der Waals surface area contributed by atoms with Crippen molar-refractivity contribution in [3.05, 3.63) is 63.7 Å². The summed E-state index contributed by atoms with van der Waals surface area (Å²) in [5, 5.41) is 0. The summed E-state index contributed by atoms with van der Waals surface area (Å²) >= 11 is 3.29. The van der Waals surface area contributed by atoms with Crippen molar-refractivity contribution in [2.45, 2.75) is 0 Å². The highest BCUT2D eigenvalue weighted by atomic mass is 79.9. The molecule has 16 heavy (non-hydrogen) atoms. The molecule has 0 heterocycles. The normalized spacial score (nSPS) is 10.1. The lowest BCUT2D eigenvalue weighted by Crippen LogP contribution is -1.97. The molecule has 0 atom stereocenters. The van der Waals surface area contributed by atoms with Crippen LogP contribution in [0.2, 0.25) is 0 Å². The van der Waals surface area contributed by atoms with E-state index in [-0.39, 0.29) is 5.82 Å². The minimum absolute atomic E-state index is 0.355. The molecule has 0 aliphatic carbocycles. The molecule has 2 nitrogen and oxygen atoms in total. The minimum Gasteiger partial charge on any atom is -0.207 e. The molecule has 0 amide bonds.